The number of hydrogen-bond acceptors (Lipinski definition) is 1. The van der Waals surface area contributed by atoms with Gasteiger partial charge in [-0.3, -0.25) is 4.79 Å². The van der Waals surface area contributed by atoms with Crippen molar-refractivity contribution in [3.8, 4) is 0 Å². The highest BCUT2D eigenvalue weighted by Gasteiger charge is 2.14. The van der Waals surface area contributed by atoms with Crippen molar-refractivity contribution in [2.45, 2.75) is 26.7 Å². The number of aliphatic carboxylic acids is 1. The van der Waals surface area contributed by atoms with Crippen LogP contribution in [0.4, 0.5) is 0 Å². The number of fused-ring (bicyclic) bond motifs is 1. The Kier molecular flexibility index (Phi) is 2.88. The summed E-state index contributed by atoms with van der Waals surface area (Å²) >= 11 is 0. The van der Waals surface area contributed by atoms with E-state index in [4.69, 9.17) is 5.11 Å². The van der Waals surface area contributed by atoms with Crippen molar-refractivity contribution >= 4 is 16.7 Å². The molecule has 2 nitrogen and oxygen atoms in total. The number of carboxylic acid groups (broad SMARTS) is 1. The van der Waals surface area contributed by atoms with Gasteiger partial charge in [-0.2, -0.15) is 0 Å². The van der Waals surface area contributed by atoms with Gasteiger partial charge in [0.15, 0.2) is 0 Å². The topological polar surface area (TPSA) is 37.3 Å². The first-order valence-corrected chi connectivity index (χ1v) is 5.73. The minimum Gasteiger partial charge on any atom is -0.481 e. The molecule has 0 fully saturated rings. The van der Waals surface area contributed by atoms with Crippen LogP contribution in [0, 0.1) is 13.8 Å². The van der Waals surface area contributed by atoms with Crippen LogP contribution in [0.3, 0.4) is 0 Å². The second-order valence-electron chi connectivity index (χ2n) is 4.56. The lowest BCUT2D eigenvalue weighted by Gasteiger charge is -2.11. The van der Waals surface area contributed by atoms with Crippen molar-refractivity contribution in [1.82, 2.24) is 0 Å². The maximum atomic E-state index is 11.0. The molecular formula is C15H16O2. The van der Waals surface area contributed by atoms with E-state index >= 15 is 0 Å². The zero-order valence-corrected chi connectivity index (χ0v) is 10.3. The fraction of sp³-hybridized carbons (Fsp3) is 0.267. The van der Waals surface area contributed by atoms with E-state index in [2.05, 4.69) is 26.0 Å². The van der Waals surface area contributed by atoms with Gasteiger partial charge in [0.2, 0.25) is 0 Å². The molecule has 0 unspecified atom stereocenters. The molecule has 0 aromatic heterocycles. The number of carbonyl (C=O) groups is 1. The van der Waals surface area contributed by atoms with E-state index in [9.17, 15) is 4.79 Å². The molecule has 17 heavy (non-hydrogen) atoms. The van der Waals surface area contributed by atoms with Gasteiger partial charge >= 0.3 is 5.97 Å². The molecule has 2 aromatic rings. The van der Waals surface area contributed by atoms with Crippen molar-refractivity contribution in [3.05, 3.63) is 47.0 Å². The van der Waals surface area contributed by atoms with E-state index in [0.29, 0.717) is 0 Å². The molecule has 2 heteroatoms. The molecule has 0 radical (unpaired) electrons. The third kappa shape index (κ3) is 2.03. The number of benzene rings is 2. The summed E-state index contributed by atoms with van der Waals surface area (Å²) < 4.78 is 0. The van der Waals surface area contributed by atoms with Crippen molar-refractivity contribution in [3.63, 3.8) is 0 Å². The van der Waals surface area contributed by atoms with Crippen LogP contribution in [0.2, 0.25) is 0 Å². The Balaban J connectivity index is 2.65. The second kappa shape index (κ2) is 4.21. The van der Waals surface area contributed by atoms with Crippen LogP contribution in [0.15, 0.2) is 30.3 Å². The first kappa shape index (κ1) is 11.6. The normalized spacial score (nSPS) is 12.6. The van der Waals surface area contributed by atoms with Gasteiger partial charge in [0.25, 0.3) is 0 Å². The van der Waals surface area contributed by atoms with Crippen LogP contribution in [-0.4, -0.2) is 11.1 Å². The van der Waals surface area contributed by atoms with Crippen molar-refractivity contribution in [2.24, 2.45) is 0 Å². The highest BCUT2D eigenvalue weighted by atomic mass is 16.4. The van der Waals surface area contributed by atoms with Gasteiger partial charge in [-0.1, -0.05) is 30.3 Å². The maximum Gasteiger partial charge on any atom is 0.310 e. The van der Waals surface area contributed by atoms with E-state index in [-0.39, 0.29) is 0 Å². The number of rotatable bonds is 2. The molecule has 0 aliphatic rings. The van der Waals surface area contributed by atoms with Crippen molar-refractivity contribution in [2.75, 3.05) is 0 Å². The highest BCUT2D eigenvalue weighted by Crippen LogP contribution is 2.26. The maximum absolute atomic E-state index is 11.0. The molecule has 0 bridgehead atoms. The SMILES string of the molecule is Cc1ccc(C)c2cc([C@H](C)C(=O)O)ccc12. The molecule has 1 N–H and O–H groups in total. The number of hydrogen-bond donors (Lipinski definition) is 1. The molecule has 2 rings (SSSR count). The predicted molar refractivity (Wildman–Crippen MR) is 69.5 cm³/mol. The van der Waals surface area contributed by atoms with Gasteiger partial charge in [0, 0.05) is 0 Å². The average Bonchev–Trinajstić information content (AvgIpc) is 2.32. The quantitative estimate of drug-likeness (QED) is 0.852. The number of carboxylic acids is 1. The molecule has 1 atom stereocenters. The van der Waals surface area contributed by atoms with Crippen LogP contribution in [0.25, 0.3) is 10.8 Å². The van der Waals surface area contributed by atoms with Gasteiger partial charge in [-0.25, -0.2) is 0 Å². The summed E-state index contributed by atoms with van der Waals surface area (Å²) in [6.45, 7) is 5.84. The minimum atomic E-state index is -0.783. The molecule has 0 aliphatic heterocycles. The standard InChI is InChI=1S/C15H16O2/c1-9-4-5-10(2)14-8-12(6-7-13(9)14)11(3)15(16)17/h4-8,11H,1-3H3,(H,16,17)/t11-/m0/s1. The van der Waals surface area contributed by atoms with E-state index in [1.807, 2.05) is 18.2 Å². The Bertz CT molecular complexity index is 585. The molecule has 0 heterocycles. The van der Waals surface area contributed by atoms with E-state index in [0.717, 1.165) is 10.9 Å². The van der Waals surface area contributed by atoms with Crippen LogP contribution >= 0.6 is 0 Å². The van der Waals surface area contributed by atoms with E-state index in [1.165, 1.54) is 16.5 Å². The smallest absolute Gasteiger partial charge is 0.310 e. The number of aryl methyl sites for hydroxylation is 2. The Labute approximate surface area is 101 Å². The highest BCUT2D eigenvalue weighted by molar-refractivity contribution is 5.90. The third-order valence-electron chi connectivity index (χ3n) is 3.35. The van der Waals surface area contributed by atoms with Crippen LogP contribution in [0.1, 0.15) is 29.5 Å². The van der Waals surface area contributed by atoms with Crippen LogP contribution < -0.4 is 0 Å². The fourth-order valence-corrected chi connectivity index (χ4v) is 2.07. The lowest BCUT2D eigenvalue weighted by Crippen LogP contribution is -2.07. The van der Waals surface area contributed by atoms with Gasteiger partial charge < -0.3 is 5.11 Å². The monoisotopic (exact) mass is 228 g/mol. The van der Waals surface area contributed by atoms with Gasteiger partial charge in [0.1, 0.15) is 0 Å². The summed E-state index contributed by atoms with van der Waals surface area (Å²) in [4.78, 5) is 11.0. The van der Waals surface area contributed by atoms with E-state index in [1.54, 1.807) is 6.92 Å². The summed E-state index contributed by atoms with van der Waals surface area (Å²) in [7, 11) is 0. The lowest BCUT2D eigenvalue weighted by atomic mass is 9.94. The molecule has 0 saturated heterocycles. The summed E-state index contributed by atoms with van der Waals surface area (Å²) in [5.41, 5.74) is 3.27. The van der Waals surface area contributed by atoms with Crippen molar-refractivity contribution < 1.29 is 9.90 Å². The Morgan fingerprint density at radius 2 is 1.65 bits per heavy atom. The average molecular weight is 228 g/mol. The largest absolute Gasteiger partial charge is 0.481 e. The molecule has 0 amide bonds. The van der Waals surface area contributed by atoms with Crippen molar-refractivity contribution in [1.29, 1.82) is 0 Å². The van der Waals surface area contributed by atoms with Gasteiger partial charge in [-0.05, 0) is 48.2 Å². The summed E-state index contributed by atoms with van der Waals surface area (Å²) in [6, 6.07) is 10.1. The molecule has 0 saturated carbocycles. The first-order chi connectivity index (χ1) is 8.00. The second-order valence-corrected chi connectivity index (χ2v) is 4.56. The Morgan fingerprint density at radius 1 is 1.06 bits per heavy atom. The lowest BCUT2D eigenvalue weighted by molar-refractivity contribution is -0.138. The predicted octanol–water partition coefficient (Wildman–Crippen LogP) is 3.64. The molecule has 88 valence electrons. The van der Waals surface area contributed by atoms with Crippen LogP contribution in [-0.2, 0) is 4.79 Å². The zero-order valence-electron chi connectivity index (χ0n) is 10.3. The fourth-order valence-electron chi connectivity index (χ4n) is 2.07. The first-order valence-electron chi connectivity index (χ1n) is 5.73. The summed E-state index contributed by atoms with van der Waals surface area (Å²) in [5, 5.41) is 11.4. The molecule has 0 aliphatic carbocycles. The van der Waals surface area contributed by atoms with Gasteiger partial charge in [-0.15, -0.1) is 0 Å². The summed E-state index contributed by atoms with van der Waals surface area (Å²) in [6.07, 6.45) is 0. The minimum absolute atomic E-state index is 0.459. The van der Waals surface area contributed by atoms with Crippen LogP contribution in [0.5, 0.6) is 0 Å². The van der Waals surface area contributed by atoms with E-state index < -0.39 is 11.9 Å². The Hall–Kier alpha value is -1.83. The summed E-state index contributed by atoms with van der Waals surface area (Å²) in [5.74, 6) is -1.24. The molecule has 0 spiro atoms. The molecular weight excluding hydrogens is 212 g/mol. The third-order valence-corrected chi connectivity index (χ3v) is 3.35. The molecule has 2 aromatic carbocycles. The Morgan fingerprint density at radius 3 is 2.24 bits per heavy atom. The zero-order chi connectivity index (χ0) is 12.6. The van der Waals surface area contributed by atoms with Gasteiger partial charge in [0.05, 0.1) is 5.92 Å².